The average molecular weight is 634 g/mol. The Morgan fingerprint density at radius 1 is 1.07 bits per heavy atom. The number of ether oxygens (including phenoxy) is 2. The number of nitrogens with one attached hydrogen (secondary N) is 3. The number of hydrogen-bond acceptors (Lipinski definition) is 10. The van der Waals surface area contributed by atoms with Gasteiger partial charge in [0.15, 0.2) is 12.0 Å². The molecule has 0 saturated heterocycles. The summed E-state index contributed by atoms with van der Waals surface area (Å²) in [7, 11) is 0. The predicted molar refractivity (Wildman–Crippen MR) is 170 cm³/mol. The number of carbonyl (C=O) groups is 2. The van der Waals surface area contributed by atoms with E-state index in [9.17, 15) is 24.3 Å². The largest absolute Gasteiger partial charge is 0.393 e. The molecule has 5 heterocycles. The summed E-state index contributed by atoms with van der Waals surface area (Å²) in [6.45, 7) is 3.28. The van der Waals surface area contributed by atoms with Crippen LogP contribution in [-0.2, 0) is 20.9 Å². The minimum Gasteiger partial charge on any atom is -0.393 e. The van der Waals surface area contributed by atoms with Gasteiger partial charge < -0.3 is 30.1 Å². The number of hydrogen-bond donors (Lipinski definition) is 4. The molecule has 4 N–H and O–H groups in total. The fourth-order valence-corrected chi connectivity index (χ4v) is 5.31. The van der Waals surface area contributed by atoms with Crippen molar-refractivity contribution in [2.45, 2.75) is 64.4 Å². The maximum Gasteiger partial charge on any atom is 0.330 e. The molecular formula is C32H39N7O7. The van der Waals surface area contributed by atoms with Crippen molar-refractivity contribution < 1.29 is 24.2 Å². The van der Waals surface area contributed by atoms with Crippen molar-refractivity contribution in [1.82, 2.24) is 24.8 Å². The smallest absolute Gasteiger partial charge is 0.330 e. The molecule has 0 spiro atoms. The first kappa shape index (κ1) is 32.7. The Labute approximate surface area is 265 Å². The monoisotopic (exact) mass is 633 g/mol. The molecule has 0 bridgehead atoms. The summed E-state index contributed by atoms with van der Waals surface area (Å²) in [4.78, 5) is 62.8. The van der Waals surface area contributed by atoms with Gasteiger partial charge in [-0.25, -0.2) is 14.8 Å². The fourth-order valence-electron chi connectivity index (χ4n) is 5.31. The molecule has 2 aliphatic rings. The fraction of sp³-hybridized carbons (Fsp3) is 0.438. The molecule has 5 rings (SSSR count). The number of aryl methyl sites for hydroxylation is 1. The van der Waals surface area contributed by atoms with Crippen LogP contribution in [0.4, 0.5) is 17.3 Å². The zero-order chi connectivity index (χ0) is 32.5. The Morgan fingerprint density at radius 3 is 2.74 bits per heavy atom. The molecule has 2 aliphatic heterocycles. The third-order valence-corrected chi connectivity index (χ3v) is 7.80. The Morgan fingerprint density at radius 2 is 1.91 bits per heavy atom. The Hall–Kier alpha value is -4.66. The number of aromatic nitrogens is 4. The van der Waals surface area contributed by atoms with E-state index in [1.807, 2.05) is 17.9 Å². The number of carbonyl (C=O) groups excluding carboxylic acids is 2. The van der Waals surface area contributed by atoms with Crippen LogP contribution in [0.2, 0.25) is 0 Å². The number of unbranched alkanes of at least 4 members (excludes halogenated alkanes) is 3. The van der Waals surface area contributed by atoms with Gasteiger partial charge in [0, 0.05) is 44.7 Å². The van der Waals surface area contributed by atoms with Crippen molar-refractivity contribution in [2.75, 3.05) is 36.5 Å². The lowest BCUT2D eigenvalue weighted by molar-refractivity contribution is -0.121. The summed E-state index contributed by atoms with van der Waals surface area (Å²) in [6, 6.07) is 5.35. The summed E-state index contributed by atoms with van der Waals surface area (Å²) in [5.41, 5.74) is 1.25. The number of aliphatic hydroxyl groups excluding tert-OH is 1. The predicted octanol–water partition coefficient (Wildman–Crippen LogP) is 2.46. The first-order valence-corrected chi connectivity index (χ1v) is 15.5. The lowest BCUT2D eigenvalue weighted by atomic mass is 10.2. The van der Waals surface area contributed by atoms with Crippen LogP contribution in [0.1, 0.15) is 66.2 Å². The molecule has 0 radical (unpaired) electrons. The summed E-state index contributed by atoms with van der Waals surface area (Å²) in [5.74, 6) is 0.989. The average Bonchev–Trinajstić information content (AvgIpc) is 3.49. The van der Waals surface area contributed by atoms with Crippen molar-refractivity contribution in [3.8, 4) is 0 Å². The molecule has 2 atom stereocenters. The van der Waals surface area contributed by atoms with E-state index in [2.05, 4.69) is 25.6 Å². The number of anilines is 3. The van der Waals surface area contributed by atoms with E-state index in [1.54, 1.807) is 36.7 Å². The van der Waals surface area contributed by atoms with Crippen LogP contribution < -0.4 is 26.8 Å². The number of amides is 2. The minimum absolute atomic E-state index is 0.0134. The molecule has 2 amide bonds. The van der Waals surface area contributed by atoms with E-state index in [-0.39, 0.29) is 25.0 Å². The van der Waals surface area contributed by atoms with Gasteiger partial charge in [0.05, 0.1) is 30.0 Å². The number of H-pyrrole nitrogens is 1. The van der Waals surface area contributed by atoms with Crippen LogP contribution in [0.25, 0.3) is 0 Å². The van der Waals surface area contributed by atoms with Crippen LogP contribution in [0, 0.1) is 6.92 Å². The van der Waals surface area contributed by atoms with Gasteiger partial charge in [0.2, 0.25) is 5.91 Å². The van der Waals surface area contributed by atoms with Gasteiger partial charge in [0.25, 0.3) is 11.5 Å². The first-order valence-electron chi connectivity index (χ1n) is 15.5. The van der Waals surface area contributed by atoms with Crippen LogP contribution in [0.15, 0.2) is 58.5 Å². The number of nitrogens with zero attached hydrogens (tertiary/aromatic N) is 4. The minimum atomic E-state index is -0.705. The second kappa shape index (κ2) is 15.6. The van der Waals surface area contributed by atoms with E-state index in [0.717, 1.165) is 31.2 Å². The van der Waals surface area contributed by atoms with Crippen LogP contribution in [0.3, 0.4) is 0 Å². The molecule has 46 heavy (non-hydrogen) atoms. The summed E-state index contributed by atoms with van der Waals surface area (Å²) >= 11 is 0. The molecule has 0 aromatic carbocycles. The van der Waals surface area contributed by atoms with Gasteiger partial charge >= 0.3 is 5.69 Å². The summed E-state index contributed by atoms with van der Waals surface area (Å²) < 4.78 is 12.4. The van der Waals surface area contributed by atoms with Gasteiger partial charge in [-0.1, -0.05) is 12.5 Å². The van der Waals surface area contributed by atoms with Gasteiger partial charge in [-0.05, 0) is 62.4 Å². The third-order valence-electron chi connectivity index (χ3n) is 7.80. The molecule has 244 valence electrons. The topological polar surface area (TPSA) is 181 Å². The van der Waals surface area contributed by atoms with Gasteiger partial charge in [-0.3, -0.25) is 23.9 Å². The van der Waals surface area contributed by atoms with Gasteiger partial charge in [0.1, 0.15) is 11.9 Å². The molecule has 3 aromatic rings. The van der Waals surface area contributed by atoms with E-state index in [0.29, 0.717) is 61.0 Å². The van der Waals surface area contributed by atoms with E-state index in [1.165, 1.54) is 10.8 Å². The van der Waals surface area contributed by atoms with Crippen LogP contribution in [0.5, 0.6) is 0 Å². The zero-order valence-electron chi connectivity index (χ0n) is 25.7. The van der Waals surface area contributed by atoms with Crippen molar-refractivity contribution in [1.29, 1.82) is 0 Å². The highest BCUT2D eigenvalue weighted by Crippen LogP contribution is 2.36. The SMILES string of the molecule is Cc1ccnc2c1NC(=O)c1cccnc1N2CCCCNC(=O)CCCCCOCc1cn([C@H]2C=C[C@@H](CO)O2)c(=O)[nH]c1=O. The second-order valence-electron chi connectivity index (χ2n) is 11.2. The van der Waals surface area contributed by atoms with Gasteiger partial charge in [-0.15, -0.1) is 0 Å². The first-order chi connectivity index (χ1) is 22.4. The highest BCUT2D eigenvalue weighted by molar-refractivity contribution is 6.11. The van der Waals surface area contributed by atoms with Crippen molar-refractivity contribution in [2.24, 2.45) is 0 Å². The molecule has 0 saturated carbocycles. The Bertz CT molecular complexity index is 1690. The highest BCUT2D eigenvalue weighted by Gasteiger charge is 2.28. The van der Waals surface area contributed by atoms with Crippen molar-refractivity contribution in [3.63, 3.8) is 0 Å². The highest BCUT2D eigenvalue weighted by atomic mass is 16.5. The molecule has 0 aliphatic carbocycles. The van der Waals surface area contributed by atoms with Gasteiger partial charge in [-0.2, -0.15) is 0 Å². The molecular weight excluding hydrogens is 594 g/mol. The lowest BCUT2D eigenvalue weighted by Gasteiger charge is -2.24. The van der Waals surface area contributed by atoms with Crippen LogP contribution in [-0.4, -0.2) is 68.8 Å². The van der Waals surface area contributed by atoms with Crippen LogP contribution >= 0.6 is 0 Å². The molecule has 14 heteroatoms. The third kappa shape index (κ3) is 7.94. The summed E-state index contributed by atoms with van der Waals surface area (Å²) in [6.07, 6.45) is 11.0. The maximum absolute atomic E-state index is 12.8. The summed E-state index contributed by atoms with van der Waals surface area (Å²) in [5, 5.41) is 15.2. The van der Waals surface area contributed by atoms with E-state index >= 15 is 0 Å². The Kier molecular flexibility index (Phi) is 11.1. The molecule has 14 nitrogen and oxygen atoms in total. The van der Waals surface area contributed by atoms with Crippen molar-refractivity contribution in [3.05, 3.63) is 86.5 Å². The normalized spacial score (nSPS) is 16.9. The van der Waals surface area contributed by atoms with E-state index < -0.39 is 23.6 Å². The van der Waals surface area contributed by atoms with E-state index in [4.69, 9.17) is 9.47 Å². The number of rotatable bonds is 15. The quantitative estimate of drug-likeness (QED) is 0.143. The lowest BCUT2D eigenvalue weighted by Crippen LogP contribution is -2.34. The zero-order valence-corrected chi connectivity index (χ0v) is 25.7. The number of pyridine rings is 2. The second-order valence-corrected chi connectivity index (χ2v) is 11.2. The number of aromatic amines is 1. The number of aliphatic hydroxyl groups is 1. The standard InChI is InChI=1S/C32H39N7O7/c1-21-12-15-35-29-27(21)36-31(43)24-8-7-14-34-28(24)38(29)16-5-4-13-33-25(41)9-3-2-6-17-45-20-22-18-39(32(44)37-30(22)42)26-11-10-23(19-40)46-26/h7-8,10-12,14-15,18,23,26,40H,2-6,9,13,16-17,19-20H2,1H3,(H,33,41)(H,36,43)(H,37,42,44)/t23-,26+/m0/s1. The number of fused-ring (bicyclic) bond motifs is 2. The maximum atomic E-state index is 12.8. The molecule has 3 aromatic heterocycles. The molecule has 0 unspecified atom stereocenters. The Balaban J connectivity index is 0.982. The molecule has 0 fully saturated rings. The van der Waals surface area contributed by atoms with Crippen molar-refractivity contribution >= 4 is 29.1 Å².